The van der Waals surface area contributed by atoms with Gasteiger partial charge in [-0.1, -0.05) is 50.2 Å². The molecule has 4 aliphatic rings. The molecule has 2 bridgehead atoms. The summed E-state index contributed by atoms with van der Waals surface area (Å²) >= 11 is 0. The highest BCUT2D eigenvalue weighted by Crippen LogP contribution is 2.35. The molecule has 1 aromatic heterocycles. The topological polar surface area (TPSA) is 28.5 Å². The third-order valence-electron chi connectivity index (χ3n) is 7.32. The van der Waals surface area contributed by atoms with Gasteiger partial charge in [0.15, 0.2) is 0 Å². The summed E-state index contributed by atoms with van der Waals surface area (Å²) in [5.74, 6) is 0.921. The van der Waals surface area contributed by atoms with Crippen LogP contribution < -0.4 is 0 Å². The molecule has 1 unspecified atom stereocenters. The molecule has 0 radical (unpaired) electrons. The Morgan fingerprint density at radius 1 is 0.935 bits per heavy atom. The molecule has 3 aromatic rings. The Bertz CT molecular complexity index is 1060. The third-order valence-corrected chi connectivity index (χ3v) is 7.32. The van der Waals surface area contributed by atoms with Gasteiger partial charge in [0.25, 0.3) is 5.91 Å². The first-order chi connectivity index (χ1) is 15.3. The van der Waals surface area contributed by atoms with Crippen LogP contribution in [0.2, 0.25) is 0 Å². The van der Waals surface area contributed by atoms with Crippen LogP contribution in [-0.4, -0.2) is 52.5 Å². The van der Waals surface area contributed by atoms with Crippen LogP contribution in [0.3, 0.4) is 0 Å². The molecule has 31 heavy (non-hydrogen) atoms. The largest absolute Gasteiger partial charge is 0.343 e. The first-order valence-corrected chi connectivity index (χ1v) is 12.0. The van der Waals surface area contributed by atoms with Crippen LogP contribution in [0.1, 0.15) is 48.2 Å². The van der Waals surface area contributed by atoms with Gasteiger partial charge in [0.2, 0.25) is 0 Å². The maximum absolute atomic E-state index is 13.7. The van der Waals surface area contributed by atoms with Crippen molar-refractivity contribution in [3.8, 4) is 0 Å². The van der Waals surface area contributed by atoms with Gasteiger partial charge in [-0.3, -0.25) is 4.79 Å². The van der Waals surface area contributed by atoms with Crippen molar-refractivity contribution < 1.29 is 4.79 Å². The van der Waals surface area contributed by atoms with E-state index in [-0.39, 0.29) is 5.91 Å². The molecular weight excluding hydrogens is 382 g/mol. The van der Waals surface area contributed by atoms with Crippen molar-refractivity contribution in [2.75, 3.05) is 26.2 Å². The minimum atomic E-state index is 0.241. The van der Waals surface area contributed by atoms with Gasteiger partial charge in [-0.05, 0) is 61.5 Å². The Labute approximate surface area is 185 Å². The number of aromatic nitrogens is 1. The van der Waals surface area contributed by atoms with Crippen LogP contribution in [0.4, 0.5) is 0 Å². The molecular formula is C27H33N3O. The van der Waals surface area contributed by atoms with Gasteiger partial charge in [-0.25, -0.2) is 0 Å². The Morgan fingerprint density at radius 2 is 1.71 bits per heavy atom. The number of nitrogens with zero attached hydrogens (tertiary/aromatic N) is 3. The van der Waals surface area contributed by atoms with E-state index in [1.54, 1.807) is 0 Å². The van der Waals surface area contributed by atoms with Gasteiger partial charge in [-0.2, -0.15) is 0 Å². The van der Waals surface area contributed by atoms with Crippen molar-refractivity contribution >= 4 is 16.8 Å². The molecule has 0 aliphatic carbocycles. The predicted octanol–water partition coefficient (Wildman–Crippen LogP) is 4.81. The van der Waals surface area contributed by atoms with E-state index in [1.807, 2.05) is 19.9 Å². The van der Waals surface area contributed by atoms with Crippen LogP contribution in [-0.2, 0) is 13.0 Å². The first-order valence-electron chi connectivity index (χ1n) is 12.0. The zero-order valence-corrected chi connectivity index (χ0v) is 18.8. The van der Waals surface area contributed by atoms with Crippen LogP contribution >= 0.6 is 0 Å². The second kappa shape index (κ2) is 8.51. The van der Waals surface area contributed by atoms with Crippen molar-refractivity contribution in [2.45, 2.75) is 45.7 Å². The summed E-state index contributed by atoms with van der Waals surface area (Å²) < 4.78 is 2.32. The minimum absolute atomic E-state index is 0.241. The van der Waals surface area contributed by atoms with Gasteiger partial charge in [-0.15, -0.1) is 0 Å². The molecule has 4 nitrogen and oxygen atoms in total. The number of hydrogen-bond acceptors (Lipinski definition) is 2. The van der Waals surface area contributed by atoms with Crippen molar-refractivity contribution in [3.63, 3.8) is 0 Å². The molecule has 0 N–H and O–H groups in total. The van der Waals surface area contributed by atoms with Crippen LogP contribution in [0.25, 0.3) is 10.9 Å². The third kappa shape index (κ3) is 3.57. The fourth-order valence-electron chi connectivity index (χ4n) is 5.82. The van der Waals surface area contributed by atoms with Gasteiger partial charge in [0.05, 0.1) is 0 Å². The highest BCUT2D eigenvalue weighted by molar-refractivity contribution is 6.08. The number of piperidine rings is 3. The van der Waals surface area contributed by atoms with Crippen LogP contribution in [0, 0.1) is 5.92 Å². The lowest BCUT2D eigenvalue weighted by atomic mass is 9.83. The fraction of sp³-hybridized carbons (Fsp3) is 0.444. The van der Waals surface area contributed by atoms with Gasteiger partial charge in [0.1, 0.15) is 0 Å². The molecule has 0 saturated carbocycles. The summed E-state index contributed by atoms with van der Waals surface area (Å²) in [7, 11) is 0. The molecule has 4 heteroatoms. The summed E-state index contributed by atoms with van der Waals surface area (Å²) in [6.45, 7) is 9.17. The maximum atomic E-state index is 13.7. The molecule has 1 amide bonds. The van der Waals surface area contributed by atoms with Gasteiger partial charge in [0, 0.05) is 48.3 Å². The Hall–Kier alpha value is -2.59. The van der Waals surface area contributed by atoms with E-state index in [1.165, 1.54) is 48.0 Å². The predicted molar refractivity (Wildman–Crippen MR) is 127 cm³/mol. The molecule has 4 aliphatic heterocycles. The summed E-state index contributed by atoms with van der Waals surface area (Å²) in [5, 5.41) is 1.18. The number of carbonyl (C=O) groups excluding carboxylic acids is 1. The summed E-state index contributed by atoms with van der Waals surface area (Å²) in [4.78, 5) is 18.4. The quantitative estimate of drug-likeness (QED) is 0.614. The van der Waals surface area contributed by atoms with E-state index in [0.29, 0.717) is 12.0 Å². The molecule has 2 aromatic carbocycles. The van der Waals surface area contributed by atoms with Crippen molar-refractivity contribution in [1.29, 1.82) is 0 Å². The highest BCUT2D eigenvalue weighted by atomic mass is 16.2. The second-order valence-electron chi connectivity index (χ2n) is 8.92. The smallest absolute Gasteiger partial charge is 0.254 e. The van der Waals surface area contributed by atoms with Gasteiger partial charge >= 0.3 is 0 Å². The zero-order valence-electron chi connectivity index (χ0n) is 18.8. The molecule has 3 fully saturated rings. The number of amides is 1. The zero-order chi connectivity index (χ0) is 21.4. The Balaban J connectivity index is 0.000000994. The van der Waals surface area contributed by atoms with E-state index in [0.717, 1.165) is 31.6 Å². The SMILES string of the molecule is CC.O=C1c2cccc3c2c(cn3Cc2ccccc2)CCN1C1CN2CCC1CC2. The lowest BCUT2D eigenvalue weighted by molar-refractivity contribution is 0.00826. The molecule has 7 rings (SSSR count). The molecule has 0 spiro atoms. The summed E-state index contributed by atoms with van der Waals surface area (Å²) in [5.41, 5.74) is 4.70. The molecule has 162 valence electrons. The Morgan fingerprint density at radius 3 is 2.42 bits per heavy atom. The first kappa shape index (κ1) is 20.3. The van der Waals surface area contributed by atoms with E-state index >= 15 is 0 Å². The monoisotopic (exact) mass is 415 g/mol. The standard InChI is InChI=1S/C25H27N3O.C2H6/c29-25-21-7-4-8-22-24(21)20(16-27(22)15-18-5-2-1-3-6-18)11-14-28(25)23-17-26-12-9-19(23)10-13-26;1-2/h1-8,16,19,23H,9-15,17H2;1-2H3. The normalized spacial score (nSPS) is 24.6. The van der Waals surface area contributed by atoms with Gasteiger partial charge < -0.3 is 14.4 Å². The van der Waals surface area contributed by atoms with E-state index < -0.39 is 0 Å². The number of carbonyl (C=O) groups is 1. The second-order valence-corrected chi connectivity index (χ2v) is 8.92. The van der Waals surface area contributed by atoms with E-state index in [4.69, 9.17) is 0 Å². The molecule has 1 atom stereocenters. The van der Waals surface area contributed by atoms with Crippen molar-refractivity contribution in [1.82, 2.24) is 14.4 Å². The van der Waals surface area contributed by atoms with E-state index in [9.17, 15) is 4.79 Å². The van der Waals surface area contributed by atoms with Crippen molar-refractivity contribution in [3.05, 3.63) is 71.4 Å². The Kier molecular flexibility index (Phi) is 5.58. The minimum Gasteiger partial charge on any atom is -0.343 e. The summed E-state index contributed by atoms with van der Waals surface area (Å²) in [6, 6.07) is 17.2. The fourth-order valence-corrected chi connectivity index (χ4v) is 5.82. The highest BCUT2D eigenvalue weighted by Gasteiger charge is 2.40. The maximum Gasteiger partial charge on any atom is 0.254 e. The van der Waals surface area contributed by atoms with E-state index in [2.05, 4.69) is 63.0 Å². The molecule has 3 saturated heterocycles. The lowest BCUT2D eigenvalue weighted by Gasteiger charge is -2.49. The van der Waals surface area contributed by atoms with Crippen LogP contribution in [0.15, 0.2) is 54.7 Å². The van der Waals surface area contributed by atoms with Crippen molar-refractivity contribution in [2.24, 2.45) is 5.92 Å². The number of hydrogen-bond donors (Lipinski definition) is 0. The number of fused-ring (bicyclic) bond motifs is 3. The average Bonchev–Trinajstić information content (AvgIpc) is 3.12. The lowest BCUT2D eigenvalue weighted by Crippen LogP contribution is -2.58. The number of benzene rings is 2. The summed E-state index contributed by atoms with van der Waals surface area (Å²) in [6.07, 6.45) is 5.72. The number of rotatable bonds is 3. The van der Waals surface area contributed by atoms with Crippen LogP contribution in [0.5, 0.6) is 0 Å². The molecule has 5 heterocycles. The average molecular weight is 416 g/mol.